The minimum atomic E-state index is 0.0408. The zero-order chi connectivity index (χ0) is 12.1. The number of ether oxygens (including phenoxy) is 1. The number of halogens is 1. The molecule has 0 atom stereocenters. The van der Waals surface area contributed by atoms with Crippen LogP contribution in [0.25, 0.3) is 5.95 Å². The summed E-state index contributed by atoms with van der Waals surface area (Å²) in [5, 5.41) is 3.93. The van der Waals surface area contributed by atoms with Gasteiger partial charge in [0.15, 0.2) is 0 Å². The molecule has 0 aliphatic heterocycles. The summed E-state index contributed by atoms with van der Waals surface area (Å²) in [4.78, 5) is 15.6. The quantitative estimate of drug-likeness (QED) is 0.585. The molecule has 2 heterocycles. The van der Waals surface area contributed by atoms with Gasteiger partial charge in [0.2, 0.25) is 5.28 Å². The maximum atomic E-state index is 5.76. The Bertz CT molecular complexity index is 500. The molecule has 2 rings (SSSR count). The van der Waals surface area contributed by atoms with Gasteiger partial charge in [-0.25, -0.2) is 4.98 Å². The molecule has 2 aromatic heterocycles. The summed E-state index contributed by atoms with van der Waals surface area (Å²) in [6.07, 6.45) is 5.26. The molecule has 0 spiro atoms. The highest BCUT2D eigenvalue weighted by molar-refractivity contribution is 6.28. The van der Waals surface area contributed by atoms with Crippen LogP contribution in [0.15, 0.2) is 25.3 Å². The number of aromatic nitrogens is 6. The Labute approximate surface area is 102 Å². The van der Waals surface area contributed by atoms with Crippen molar-refractivity contribution in [1.82, 2.24) is 29.7 Å². The molecular formula is C9H9ClN6O. The Hall–Kier alpha value is -2.02. The minimum absolute atomic E-state index is 0.0408. The van der Waals surface area contributed by atoms with Gasteiger partial charge in [0.25, 0.3) is 5.95 Å². The molecule has 2 aromatic rings. The second kappa shape index (κ2) is 5.35. The summed E-state index contributed by atoms with van der Waals surface area (Å²) < 4.78 is 6.66. The van der Waals surface area contributed by atoms with Crippen molar-refractivity contribution in [2.24, 2.45) is 0 Å². The molecule has 7 nitrogen and oxygen atoms in total. The van der Waals surface area contributed by atoms with Crippen molar-refractivity contribution < 1.29 is 4.74 Å². The smallest absolute Gasteiger partial charge is 0.322 e. The average Bonchev–Trinajstić information content (AvgIpc) is 2.82. The largest absolute Gasteiger partial charge is 0.463 e. The molecule has 0 saturated carbocycles. The molecule has 0 fully saturated rings. The third kappa shape index (κ3) is 2.97. The van der Waals surface area contributed by atoms with Gasteiger partial charge in [-0.3, -0.25) is 0 Å². The second-order valence-corrected chi connectivity index (χ2v) is 3.29. The van der Waals surface area contributed by atoms with E-state index in [0.29, 0.717) is 13.0 Å². The van der Waals surface area contributed by atoms with Gasteiger partial charge in [-0.2, -0.15) is 24.7 Å². The van der Waals surface area contributed by atoms with E-state index in [1.807, 2.05) is 0 Å². The first-order valence-electron chi connectivity index (χ1n) is 4.80. The SMILES string of the molecule is C=CCCOc1nc(Cl)nc(-n2cncn2)n1. The number of hydrogen-bond donors (Lipinski definition) is 0. The average molecular weight is 253 g/mol. The molecule has 0 unspecified atom stereocenters. The summed E-state index contributed by atoms with van der Waals surface area (Å²) in [5.74, 6) is 0.260. The first-order valence-corrected chi connectivity index (χ1v) is 5.17. The Morgan fingerprint density at radius 2 is 2.29 bits per heavy atom. The first-order chi connectivity index (χ1) is 8.29. The van der Waals surface area contributed by atoms with Crippen molar-refractivity contribution in [3.8, 4) is 12.0 Å². The summed E-state index contributed by atoms with van der Waals surface area (Å²) in [7, 11) is 0. The first kappa shape index (κ1) is 11.5. The molecule has 0 aliphatic rings. The van der Waals surface area contributed by atoms with Crippen molar-refractivity contribution >= 4 is 11.6 Å². The molecule has 88 valence electrons. The van der Waals surface area contributed by atoms with Gasteiger partial charge in [0.05, 0.1) is 6.61 Å². The van der Waals surface area contributed by atoms with E-state index in [1.165, 1.54) is 17.3 Å². The third-order valence-electron chi connectivity index (χ3n) is 1.75. The molecule has 0 aliphatic carbocycles. The summed E-state index contributed by atoms with van der Waals surface area (Å²) in [5.41, 5.74) is 0. The Morgan fingerprint density at radius 1 is 1.41 bits per heavy atom. The Kier molecular flexibility index (Phi) is 3.61. The van der Waals surface area contributed by atoms with Gasteiger partial charge in [-0.1, -0.05) is 6.08 Å². The lowest BCUT2D eigenvalue weighted by atomic mass is 10.5. The van der Waals surface area contributed by atoms with Crippen LogP contribution in [-0.4, -0.2) is 36.3 Å². The van der Waals surface area contributed by atoms with Crippen molar-refractivity contribution in [3.63, 3.8) is 0 Å². The van der Waals surface area contributed by atoms with Crippen LogP contribution in [0.4, 0.5) is 0 Å². The summed E-state index contributed by atoms with van der Waals surface area (Å²) in [6.45, 7) is 4.02. The van der Waals surface area contributed by atoms with E-state index in [-0.39, 0.29) is 17.2 Å². The number of hydrogen-bond acceptors (Lipinski definition) is 6. The van der Waals surface area contributed by atoms with E-state index in [2.05, 4.69) is 31.6 Å². The normalized spacial score (nSPS) is 10.2. The highest BCUT2D eigenvalue weighted by atomic mass is 35.5. The predicted molar refractivity (Wildman–Crippen MR) is 60.1 cm³/mol. The standard InChI is InChI=1S/C9H9ClN6O/c1-2-3-4-17-9-14-7(10)13-8(15-9)16-6-11-5-12-16/h2,5-6H,1,3-4H2. The van der Waals surface area contributed by atoms with Crippen molar-refractivity contribution in [1.29, 1.82) is 0 Å². The molecular weight excluding hydrogens is 244 g/mol. The molecule has 8 heteroatoms. The maximum absolute atomic E-state index is 5.76. The van der Waals surface area contributed by atoms with Crippen LogP contribution in [0, 0.1) is 0 Å². The van der Waals surface area contributed by atoms with E-state index < -0.39 is 0 Å². The van der Waals surface area contributed by atoms with Crippen LogP contribution in [0.3, 0.4) is 0 Å². The zero-order valence-corrected chi connectivity index (χ0v) is 9.58. The van der Waals surface area contributed by atoms with Crippen LogP contribution in [-0.2, 0) is 0 Å². The van der Waals surface area contributed by atoms with Crippen molar-refractivity contribution in [3.05, 3.63) is 30.6 Å². The fourth-order valence-corrected chi connectivity index (χ4v) is 1.18. The fraction of sp³-hybridized carbons (Fsp3) is 0.222. The highest BCUT2D eigenvalue weighted by Gasteiger charge is 2.07. The van der Waals surface area contributed by atoms with Crippen LogP contribution in [0.2, 0.25) is 5.28 Å². The topological polar surface area (TPSA) is 78.6 Å². The van der Waals surface area contributed by atoms with E-state index in [9.17, 15) is 0 Å². The predicted octanol–water partition coefficient (Wildman–Crippen LogP) is 1.06. The van der Waals surface area contributed by atoms with Crippen LogP contribution < -0.4 is 4.74 Å². The van der Waals surface area contributed by atoms with Gasteiger partial charge < -0.3 is 4.74 Å². The lowest BCUT2D eigenvalue weighted by Gasteiger charge is -2.04. The summed E-state index contributed by atoms with van der Waals surface area (Å²) >= 11 is 5.76. The van der Waals surface area contributed by atoms with Gasteiger partial charge in [0, 0.05) is 0 Å². The molecule has 17 heavy (non-hydrogen) atoms. The molecule has 0 aromatic carbocycles. The molecule has 0 N–H and O–H groups in total. The molecule has 0 radical (unpaired) electrons. The van der Waals surface area contributed by atoms with E-state index >= 15 is 0 Å². The van der Waals surface area contributed by atoms with Gasteiger partial charge >= 0.3 is 6.01 Å². The van der Waals surface area contributed by atoms with Gasteiger partial charge in [-0.05, 0) is 18.0 Å². The van der Waals surface area contributed by atoms with E-state index in [4.69, 9.17) is 16.3 Å². The fourth-order valence-electron chi connectivity index (χ4n) is 1.03. The van der Waals surface area contributed by atoms with Crippen molar-refractivity contribution in [2.45, 2.75) is 6.42 Å². The van der Waals surface area contributed by atoms with Crippen LogP contribution in [0.1, 0.15) is 6.42 Å². The number of rotatable bonds is 5. The number of nitrogens with zero attached hydrogens (tertiary/aromatic N) is 6. The molecule has 0 bridgehead atoms. The van der Waals surface area contributed by atoms with Crippen LogP contribution >= 0.6 is 11.6 Å². The monoisotopic (exact) mass is 252 g/mol. The Morgan fingerprint density at radius 3 is 3.00 bits per heavy atom. The van der Waals surface area contributed by atoms with E-state index in [0.717, 1.165) is 0 Å². The van der Waals surface area contributed by atoms with Gasteiger partial charge in [0.1, 0.15) is 12.7 Å². The second-order valence-electron chi connectivity index (χ2n) is 2.95. The lowest BCUT2D eigenvalue weighted by Crippen LogP contribution is -2.07. The minimum Gasteiger partial charge on any atom is -0.463 e. The third-order valence-corrected chi connectivity index (χ3v) is 1.92. The lowest BCUT2D eigenvalue weighted by molar-refractivity contribution is 0.297. The Balaban J connectivity index is 2.20. The zero-order valence-electron chi connectivity index (χ0n) is 8.82. The van der Waals surface area contributed by atoms with Gasteiger partial charge in [-0.15, -0.1) is 6.58 Å². The van der Waals surface area contributed by atoms with Crippen LogP contribution in [0.5, 0.6) is 6.01 Å². The highest BCUT2D eigenvalue weighted by Crippen LogP contribution is 2.10. The molecule has 0 amide bonds. The molecule has 0 saturated heterocycles. The summed E-state index contributed by atoms with van der Waals surface area (Å²) in [6, 6.07) is 0.150. The maximum Gasteiger partial charge on any atom is 0.322 e. The van der Waals surface area contributed by atoms with Crippen molar-refractivity contribution in [2.75, 3.05) is 6.61 Å². The van der Waals surface area contributed by atoms with E-state index in [1.54, 1.807) is 6.08 Å².